The highest BCUT2D eigenvalue weighted by molar-refractivity contribution is 8.00. The van der Waals surface area contributed by atoms with E-state index < -0.39 is 47.5 Å². The van der Waals surface area contributed by atoms with Crippen molar-refractivity contribution < 1.29 is 42.8 Å². The zero-order valence-corrected chi connectivity index (χ0v) is 22.6. The molecule has 4 N–H and O–H groups in total. The number of carboxylic acid groups (broad SMARTS) is 1. The van der Waals surface area contributed by atoms with Crippen LogP contribution in [0.25, 0.3) is 10.1 Å². The van der Waals surface area contributed by atoms with Gasteiger partial charge in [0.05, 0.1) is 11.3 Å². The second-order valence-corrected chi connectivity index (χ2v) is 10.6. The number of aromatic nitrogens is 2. The Labute approximate surface area is 234 Å². The van der Waals surface area contributed by atoms with Crippen molar-refractivity contribution in [3.63, 3.8) is 0 Å². The predicted octanol–water partition coefficient (Wildman–Crippen LogP) is 0.482. The number of thiophene rings is 1. The van der Waals surface area contributed by atoms with E-state index in [0.29, 0.717) is 11.3 Å². The van der Waals surface area contributed by atoms with E-state index in [-0.39, 0.29) is 30.6 Å². The van der Waals surface area contributed by atoms with Crippen molar-refractivity contribution in [2.24, 2.45) is 5.16 Å². The molecule has 1 fully saturated rings. The Morgan fingerprint density at radius 1 is 1.38 bits per heavy atom. The van der Waals surface area contributed by atoms with E-state index in [1.165, 1.54) is 16.7 Å². The number of anilines is 1. The molecule has 0 aromatic carbocycles. The molecule has 14 nitrogen and oxygen atoms in total. The number of nitrogens with two attached hydrogens (primary N) is 1. The molecule has 40 heavy (non-hydrogen) atoms. The number of thioether (sulfide) groups is 1. The van der Waals surface area contributed by atoms with Gasteiger partial charge in [0.1, 0.15) is 29.1 Å². The SMILES string of the molecule is CCOC(=O)CON=C(C(=O)NC1C(=O)N2C(C(=O)O)=C(C[n+]3ccc4ccsc4c3)CS[C@H]12)c1coc(N)n1. The molecular weight excluding hydrogens is 564 g/mol. The van der Waals surface area contributed by atoms with E-state index in [2.05, 4.69) is 15.5 Å². The molecule has 1 saturated heterocycles. The maximum atomic E-state index is 13.1. The molecule has 2 aliphatic rings. The summed E-state index contributed by atoms with van der Waals surface area (Å²) in [6.45, 7) is 1.48. The molecule has 2 aliphatic heterocycles. The number of carboxylic acids is 1. The summed E-state index contributed by atoms with van der Waals surface area (Å²) in [5.74, 6) is -3.05. The topological polar surface area (TPSA) is 191 Å². The lowest BCUT2D eigenvalue weighted by atomic mass is 10.0. The fraction of sp³-hybridized carbons (Fsp3) is 0.292. The Hall–Kier alpha value is -4.44. The number of ether oxygens (including phenoxy) is 1. The Morgan fingerprint density at radius 3 is 2.92 bits per heavy atom. The molecule has 0 radical (unpaired) electrons. The zero-order chi connectivity index (χ0) is 28.4. The summed E-state index contributed by atoms with van der Waals surface area (Å²) in [7, 11) is 0. The minimum atomic E-state index is -1.23. The van der Waals surface area contributed by atoms with Crippen molar-refractivity contribution >= 4 is 68.7 Å². The third kappa shape index (κ3) is 5.35. The fourth-order valence-corrected chi connectivity index (χ4v) is 6.39. The molecular formula is C24H23N6O8S2+. The van der Waals surface area contributed by atoms with Crippen LogP contribution in [0.4, 0.5) is 6.01 Å². The van der Waals surface area contributed by atoms with Crippen LogP contribution in [0.15, 0.2) is 57.0 Å². The maximum Gasteiger partial charge on any atom is 0.352 e. The summed E-state index contributed by atoms with van der Waals surface area (Å²) in [6, 6.07) is 2.67. The number of oxazole rings is 1. The molecule has 16 heteroatoms. The summed E-state index contributed by atoms with van der Waals surface area (Å²) in [4.78, 5) is 60.0. The number of nitrogens with zero attached hydrogens (tertiary/aromatic N) is 4. The molecule has 0 saturated carbocycles. The van der Waals surface area contributed by atoms with Crippen molar-refractivity contribution in [1.82, 2.24) is 15.2 Å². The van der Waals surface area contributed by atoms with Gasteiger partial charge >= 0.3 is 11.9 Å². The van der Waals surface area contributed by atoms with Gasteiger partial charge in [-0.1, -0.05) is 5.16 Å². The van der Waals surface area contributed by atoms with Crippen molar-refractivity contribution in [3.05, 3.63) is 53.1 Å². The second kappa shape index (κ2) is 11.4. The van der Waals surface area contributed by atoms with E-state index in [1.807, 2.05) is 34.5 Å². The quantitative estimate of drug-likeness (QED) is 0.0983. The van der Waals surface area contributed by atoms with Crippen molar-refractivity contribution in [2.75, 3.05) is 24.7 Å². The summed E-state index contributed by atoms with van der Waals surface area (Å²) in [5, 5.41) is 18.6. The molecule has 0 spiro atoms. The standard InChI is InChI=1S/C24H22N6O8S2/c1-2-36-16(31)10-38-28-17(14-9-37-24(25)26-14)20(32)27-18-21(33)30-19(23(34)35)13(11-40-22(18)30)7-29-5-3-12-4-6-39-15(12)8-29/h3-6,8-9,18,22H,2,7,10-11H2,1H3,(H3-,25,26,27,32,34,35)/p+1/t18?,22-/m1/s1. The Balaban J connectivity index is 1.32. The molecule has 2 atom stereocenters. The minimum Gasteiger partial charge on any atom is -0.477 e. The van der Waals surface area contributed by atoms with E-state index in [1.54, 1.807) is 18.3 Å². The first-order valence-electron chi connectivity index (χ1n) is 11.9. The van der Waals surface area contributed by atoms with Crippen LogP contribution in [0.5, 0.6) is 0 Å². The van der Waals surface area contributed by atoms with Crippen LogP contribution in [-0.2, 0) is 35.3 Å². The first-order chi connectivity index (χ1) is 19.3. The average Bonchev–Trinajstić information content (AvgIpc) is 3.57. The smallest absolute Gasteiger partial charge is 0.352 e. The molecule has 0 aliphatic carbocycles. The van der Waals surface area contributed by atoms with Gasteiger partial charge in [-0.2, -0.15) is 9.55 Å². The molecule has 3 aromatic rings. The Morgan fingerprint density at radius 2 is 2.20 bits per heavy atom. The van der Waals surface area contributed by atoms with Crippen LogP contribution >= 0.6 is 23.1 Å². The number of carbonyl (C=O) groups is 4. The van der Waals surface area contributed by atoms with E-state index in [4.69, 9.17) is 19.7 Å². The van der Waals surface area contributed by atoms with Gasteiger partial charge in [-0.25, -0.2) is 9.59 Å². The molecule has 3 aromatic heterocycles. The number of nitrogens with one attached hydrogen (secondary N) is 1. The zero-order valence-electron chi connectivity index (χ0n) is 20.9. The largest absolute Gasteiger partial charge is 0.477 e. The van der Waals surface area contributed by atoms with Gasteiger partial charge in [-0.15, -0.1) is 23.1 Å². The number of carbonyl (C=O) groups excluding carboxylic acids is 3. The number of aliphatic carboxylic acids is 1. The number of rotatable bonds is 10. The van der Waals surface area contributed by atoms with E-state index >= 15 is 0 Å². The van der Waals surface area contributed by atoms with Crippen molar-refractivity contribution in [1.29, 1.82) is 0 Å². The van der Waals surface area contributed by atoms with Crippen LogP contribution in [0.3, 0.4) is 0 Å². The fourth-order valence-electron chi connectivity index (χ4n) is 4.23. The van der Waals surface area contributed by atoms with Gasteiger partial charge in [-0.3, -0.25) is 14.5 Å². The van der Waals surface area contributed by atoms with Crippen LogP contribution in [-0.4, -0.2) is 74.8 Å². The summed E-state index contributed by atoms with van der Waals surface area (Å²) >= 11 is 2.91. The molecule has 5 heterocycles. The number of pyridine rings is 1. The van der Waals surface area contributed by atoms with Crippen LogP contribution in [0, 0.1) is 0 Å². The van der Waals surface area contributed by atoms with Gasteiger partial charge in [0.25, 0.3) is 17.8 Å². The van der Waals surface area contributed by atoms with Gasteiger partial charge < -0.3 is 30.1 Å². The van der Waals surface area contributed by atoms with Gasteiger partial charge in [0, 0.05) is 22.8 Å². The summed E-state index contributed by atoms with van der Waals surface area (Å²) in [6.07, 6.45) is 4.86. The van der Waals surface area contributed by atoms with Gasteiger partial charge in [0.2, 0.25) is 6.61 Å². The normalized spacial score (nSPS) is 18.8. The number of oxime groups is 1. The highest BCUT2D eigenvalue weighted by Crippen LogP contribution is 2.40. The van der Waals surface area contributed by atoms with E-state index in [9.17, 15) is 24.3 Å². The second-order valence-electron chi connectivity index (χ2n) is 8.56. The monoisotopic (exact) mass is 587 g/mol. The van der Waals surface area contributed by atoms with Crippen molar-refractivity contribution in [2.45, 2.75) is 24.9 Å². The first-order valence-corrected chi connectivity index (χ1v) is 13.8. The summed E-state index contributed by atoms with van der Waals surface area (Å²) < 4.78 is 12.6. The Bertz CT molecular complexity index is 1560. The highest BCUT2D eigenvalue weighted by atomic mass is 32.2. The number of esters is 1. The number of fused-ring (bicyclic) bond motifs is 2. The maximum absolute atomic E-state index is 13.1. The number of hydrogen-bond acceptors (Lipinski definition) is 12. The lowest BCUT2D eigenvalue weighted by molar-refractivity contribution is -0.687. The average molecular weight is 588 g/mol. The number of nitrogen functional groups attached to an aromatic ring is 1. The number of β-lactam (4-membered cyclic amide) rings is 1. The van der Waals surface area contributed by atoms with Crippen molar-refractivity contribution in [3.8, 4) is 0 Å². The van der Waals surface area contributed by atoms with Gasteiger partial charge in [-0.05, 0) is 18.4 Å². The molecule has 5 rings (SSSR count). The third-order valence-electron chi connectivity index (χ3n) is 5.99. The van der Waals surface area contributed by atoms with Gasteiger partial charge in [0.15, 0.2) is 24.7 Å². The lowest BCUT2D eigenvalue weighted by Crippen LogP contribution is -2.71. The first kappa shape index (κ1) is 27.1. The predicted molar refractivity (Wildman–Crippen MR) is 142 cm³/mol. The van der Waals surface area contributed by atoms with Crippen LogP contribution < -0.4 is 15.6 Å². The van der Waals surface area contributed by atoms with Crippen LogP contribution in [0.1, 0.15) is 12.6 Å². The number of hydrogen-bond donors (Lipinski definition) is 3. The summed E-state index contributed by atoms with van der Waals surface area (Å²) in [5.41, 5.74) is 5.49. The lowest BCUT2D eigenvalue weighted by Gasteiger charge is -2.49. The van der Waals surface area contributed by atoms with E-state index in [0.717, 1.165) is 16.3 Å². The Kier molecular flexibility index (Phi) is 7.70. The highest BCUT2D eigenvalue weighted by Gasteiger charge is 2.54. The third-order valence-corrected chi connectivity index (χ3v) is 8.20. The number of amides is 2. The molecule has 0 bridgehead atoms. The minimum absolute atomic E-state index is 0.0908. The molecule has 1 unspecified atom stereocenters. The van der Waals surface area contributed by atoms with Crippen LogP contribution in [0.2, 0.25) is 0 Å². The molecule has 208 valence electrons. The molecule has 2 amide bonds.